The Balaban J connectivity index is 3.09. The van der Waals surface area contributed by atoms with Crippen LogP contribution in [-0.2, 0) is 19.6 Å². The van der Waals surface area contributed by atoms with Crippen molar-refractivity contribution in [2.75, 3.05) is 12.4 Å². The third kappa shape index (κ3) is 3.56. The Hall–Kier alpha value is -1.44. The maximum Gasteiger partial charge on any atom is 0.256 e. The molecule has 1 unspecified atom stereocenters. The highest BCUT2D eigenvalue weighted by molar-refractivity contribution is 7.89. The smallest absolute Gasteiger partial charge is 0.256 e. The first-order valence-electron chi connectivity index (χ1n) is 6.14. The highest BCUT2D eigenvalue weighted by atomic mass is 32.2. The average molecular weight is 300 g/mol. The zero-order valence-corrected chi connectivity index (χ0v) is 12.9. The van der Waals surface area contributed by atoms with E-state index in [-0.39, 0.29) is 10.8 Å². The van der Waals surface area contributed by atoms with E-state index in [1.165, 1.54) is 13.2 Å². The summed E-state index contributed by atoms with van der Waals surface area (Å²) in [4.78, 5) is 12.1. The number of nitrogens with two attached hydrogens (primary N) is 1. The van der Waals surface area contributed by atoms with Crippen molar-refractivity contribution >= 4 is 21.6 Å². The zero-order valence-electron chi connectivity index (χ0n) is 12.1. The molecule has 7 heteroatoms. The largest absolute Gasteiger partial charge is 0.369 e. The summed E-state index contributed by atoms with van der Waals surface area (Å²) in [6.45, 7) is 5.13. The Bertz CT molecular complexity index is 607. The number of hydrogen-bond acceptors (Lipinski definition) is 4. The summed E-state index contributed by atoms with van der Waals surface area (Å²) in [5, 5.41) is 7.77. The van der Waals surface area contributed by atoms with Gasteiger partial charge in [0, 0.05) is 12.8 Å². The standard InChI is InChI=1S/C13H20N2O4S/c1-5-13(3,19-4)12(16)15-10-7-6-9(2)11(8-10)20(14,17)18/h6-8H,5H2,1-4H3,(H,15,16)(H2,14,17,18). The van der Waals surface area contributed by atoms with Gasteiger partial charge in [-0.1, -0.05) is 13.0 Å². The molecular weight excluding hydrogens is 280 g/mol. The summed E-state index contributed by atoms with van der Waals surface area (Å²) in [5.74, 6) is -0.341. The second-order valence-corrected chi connectivity index (χ2v) is 6.30. The van der Waals surface area contributed by atoms with Crippen molar-refractivity contribution in [2.45, 2.75) is 37.7 Å². The molecule has 1 aromatic rings. The number of amides is 1. The summed E-state index contributed by atoms with van der Waals surface area (Å²) in [6.07, 6.45) is 0.489. The number of carbonyl (C=O) groups excluding carboxylic acids is 1. The summed E-state index contributed by atoms with van der Waals surface area (Å²) in [5.41, 5.74) is -0.0797. The highest BCUT2D eigenvalue weighted by Gasteiger charge is 2.31. The van der Waals surface area contributed by atoms with Crippen LogP contribution in [0.4, 0.5) is 5.69 Å². The molecule has 0 aliphatic rings. The second kappa shape index (κ2) is 5.90. The molecule has 0 saturated heterocycles. The third-order valence-corrected chi connectivity index (χ3v) is 4.41. The van der Waals surface area contributed by atoms with Crippen LogP contribution in [0.2, 0.25) is 0 Å². The maximum atomic E-state index is 12.1. The molecule has 6 nitrogen and oxygen atoms in total. The number of carbonyl (C=O) groups is 1. The van der Waals surface area contributed by atoms with E-state index >= 15 is 0 Å². The number of aryl methyl sites for hydroxylation is 1. The molecule has 0 aliphatic heterocycles. The quantitative estimate of drug-likeness (QED) is 0.858. The Morgan fingerprint density at radius 2 is 2.05 bits per heavy atom. The highest BCUT2D eigenvalue weighted by Crippen LogP contribution is 2.21. The van der Waals surface area contributed by atoms with Crippen LogP contribution >= 0.6 is 0 Å². The molecular formula is C13H20N2O4S. The van der Waals surface area contributed by atoms with Crippen LogP contribution in [0.25, 0.3) is 0 Å². The lowest BCUT2D eigenvalue weighted by atomic mass is 10.0. The van der Waals surface area contributed by atoms with Crippen molar-refractivity contribution in [2.24, 2.45) is 5.14 Å². The van der Waals surface area contributed by atoms with Gasteiger partial charge in [0.05, 0.1) is 4.90 Å². The fourth-order valence-corrected chi connectivity index (χ4v) is 2.45. The van der Waals surface area contributed by atoms with Gasteiger partial charge in [0.2, 0.25) is 10.0 Å². The fourth-order valence-electron chi connectivity index (χ4n) is 1.65. The van der Waals surface area contributed by atoms with E-state index < -0.39 is 15.6 Å². The lowest BCUT2D eigenvalue weighted by Gasteiger charge is -2.25. The van der Waals surface area contributed by atoms with Gasteiger partial charge in [0.25, 0.3) is 5.91 Å². The van der Waals surface area contributed by atoms with E-state index in [0.29, 0.717) is 17.7 Å². The van der Waals surface area contributed by atoms with Gasteiger partial charge in [0.15, 0.2) is 0 Å². The molecule has 0 spiro atoms. The second-order valence-electron chi connectivity index (χ2n) is 4.77. The number of ether oxygens (including phenoxy) is 1. The molecule has 1 rings (SSSR count). The van der Waals surface area contributed by atoms with Gasteiger partial charge in [-0.05, 0) is 38.0 Å². The van der Waals surface area contributed by atoms with Crippen molar-refractivity contribution in [1.29, 1.82) is 0 Å². The van der Waals surface area contributed by atoms with Crippen LogP contribution in [-0.4, -0.2) is 27.0 Å². The minimum atomic E-state index is -3.82. The van der Waals surface area contributed by atoms with Gasteiger partial charge in [-0.15, -0.1) is 0 Å². The Morgan fingerprint density at radius 3 is 2.50 bits per heavy atom. The molecule has 20 heavy (non-hydrogen) atoms. The monoisotopic (exact) mass is 300 g/mol. The average Bonchev–Trinajstić information content (AvgIpc) is 2.38. The minimum absolute atomic E-state index is 0.00841. The molecule has 0 aromatic heterocycles. The molecule has 0 saturated carbocycles. The number of hydrogen-bond donors (Lipinski definition) is 2. The molecule has 1 aromatic carbocycles. The topological polar surface area (TPSA) is 98.5 Å². The Kier molecular flexibility index (Phi) is 4.90. The number of benzene rings is 1. The van der Waals surface area contributed by atoms with E-state index in [2.05, 4.69) is 5.32 Å². The van der Waals surface area contributed by atoms with Crippen molar-refractivity contribution < 1.29 is 17.9 Å². The van der Waals surface area contributed by atoms with Crippen molar-refractivity contribution in [3.63, 3.8) is 0 Å². The predicted octanol–water partition coefficient (Wildman–Crippen LogP) is 1.40. The van der Waals surface area contributed by atoms with Crippen LogP contribution in [0, 0.1) is 6.92 Å². The van der Waals surface area contributed by atoms with Crippen LogP contribution in [0.5, 0.6) is 0 Å². The third-order valence-electron chi connectivity index (χ3n) is 3.36. The molecule has 0 radical (unpaired) electrons. The number of methoxy groups -OCH3 is 1. The summed E-state index contributed by atoms with van der Waals surface area (Å²) in [7, 11) is -2.37. The summed E-state index contributed by atoms with van der Waals surface area (Å²) < 4.78 is 28.1. The van der Waals surface area contributed by atoms with Gasteiger partial charge >= 0.3 is 0 Å². The van der Waals surface area contributed by atoms with E-state index in [9.17, 15) is 13.2 Å². The molecule has 0 fully saturated rings. The first kappa shape index (κ1) is 16.6. The van der Waals surface area contributed by atoms with Crippen LogP contribution in [0.3, 0.4) is 0 Å². The molecule has 0 aliphatic carbocycles. The maximum absolute atomic E-state index is 12.1. The van der Waals surface area contributed by atoms with Crippen molar-refractivity contribution in [3.8, 4) is 0 Å². The van der Waals surface area contributed by atoms with Gasteiger partial charge < -0.3 is 10.1 Å². The van der Waals surface area contributed by atoms with Crippen LogP contribution in [0.15, 0.2) is 23.1 Å². The van der Waals surface area contributed by atoms with Crippen LogP contribution in [0.1, 0.15) is 25.8 Å². The van der Waals surface area contributed by atoms with Crippen molar-refractivity contribution in [1.82, 2.24) is 0 Å². The number of nitrogens with one attached hydrogen (secondary N) is 1. The normalized spacial score (nSPS) is 14.7. The van der Waals surface area contributed by atoms with Gasteiger partial charge in [-0.3, -0.25) is 4.79 Å². The first-order valence-corrected chi connectivity index (χ1v) is 7.68. The van der Waals surface area contributed by atoms with E-state index in [0.717, 1.165) is 0 Å². The lowest BCUT2D eigenvalue weighted by Crippen LogP contribution is -2.41. The molecule has 112 valence electrons. The fraction of sp³-hybridized carbons (Fsp3) is 0.462. The van der Waals surface area contributed by atoms with Gasteiger partial charge in [0.1, 0.15) is 5.60 Å². The number of anilines is 1. The SMILES string of the molecule is CCC(C)(OC)C(=O)Nc1ccc(C)c(S(N)(=O)=O)c1. The molecule has 0 heterocycles. The first-order chi connectivity index (χ1) is 9.14. The Labute approximate surface area is 119 Å². The summed E-state index contributed by atoms with van der Waals surface area (Å²) >= 11 is 0. The lowest BCUT2D eigenvalue weighted by molar-refractivity contribution is -0.136. The van der Waals surface area contributed by atoms with Gasteiger partial charge in [-0.25, -0.2) is 13.6 Å². The predicted molar refractivity (Wildman–Crippen MR) is 76.9 cm³/mol. The molecule has 1 atom stereocenters. The van der Waals surface area contributed by atoms with Crippen LogP contribution < -0.4 is 10.5 Å². The molecule has 0 bridgehead atoms. The molecule has 3 N–H and O–H groups in total. The zero-order chi connectivity index (χ0) is 15.6. The molecule has 1 amide bonds. The van der Waals surface area contributed by atoms with Crippen molar-refractivity contribution in [3.05, 3.63) is 23.8 Å². The number of sulfonamides is 1. The minimum Gasteiger partial charge on any atom is -0.369 e. The Morgan fingerprint density at radius 1 is 1.45 bits per heavy atom. The number of rotatable bonds is 5. The van der Waals surface area contributed by atoms with E-state index in [1.807, 2.05) is 6.92 Å². The van der Waals surface area contributed by atoms with E-state index in [1.54, 1.807) is 26.0 Å². The van der Waals surface area contributed by atoms with E-state index in [4.69, 9.17) is 9.88 Å². The van der Waals surface area contributed by atoms with Gasteiger partial charge in [-0.2, -0.15) is 0 Å². The number of primary sulfonamides is 1. The summed E-state index contributed by atoms with van der Waals surface area (Å²) in [6, 6.07) is 4.55.